The molecule has 2 aromatic rings. The van der Waals surface area contributed by atoms with Gasteiger partial charge in [-0.05, 0) is 30.3 Å². The maximum atomic E-state index is 13.1. The van der Waals surface area contributed by atoms with Gasteiger partial charge in [0.05, 0.1) is 37.6 Å². The fourth-order valence-electron chi connectivity index (χ4n) is 3.30. The van der Waals surface area contributed by atoms with Gasteiger partial charge in [-0.2, -0.15) is 0 Å². The van der Waals surface area contributed by atoms with Gasteiger partial charge in [-0.1, -0.05) is 35.5 Å². The lowest BCUT2D eigenvalue weighted by atomic mass is 10.2. The summed E-state index contributed by atoms with van der Waals surface area (Å²) in [6.45, 7) is 4.35. The first-order valence-corrected chi connectivity index (χ1v) is 9.72. The van der Waals surface area contributed by atoms with Gasteiger partial charge >= 0.3 is 0 Å². The summed E-state index contributed by atoms with van der Waals surface area (Å²) in [6.07, 6.45) is 0.514. The highest BCUT2D eigenvalue weighted by atomic mass is 35.5. The molecule has 25 heavy (non-hydrogen) atoms. The van der Waals surface area contributed by atoms with Crippen molar-refractivity contribution in [1.29, 1.82) is 0 Å². The predicted octanol–water partition coefficient (Wildman–Crippen LogP) is 2.77. The molecule has 0 atom stereocenters. The van der Waals surface area contributed by atoms with Crippen LogP contribution in [0.25, 0.3) is 0 Å². The van der Waals surface area contributed by atoms with E-state index in [-0.39, 0.29) is 5.91 Å². The van der Waals surface area contributed by atoms with Gasteiger partial charge in [0.1, 0.15) is 13.1 Å². The van der Waals surface area contributed by atoms with Crippen molar-refractivity contribution < 1.29 is 14.4 Å². The number of hydrogen-bond acceptors (Lipinski definition) is 3. The Morgan fingerprint density at radius 1 is 1.12 bits per heavy atom. The van der Waals surface area contributed by atoms with E-state index in [0.717, 1.165) is 54.0 Å². The van der Waals surface area contributed by atoms with Crippen LogP contribution in [0, 0.1) is 0 Å². The molecule has 2 aromatic carbocycles. The molecule has 0 radical (unpaired) electrons. The molecule has 1 saturated heterocycles. The van der Waals surface area contributed by atoms with Gasteiger partial charge in [0, 0.05) is 14.8 Å². The standard InChI is InChI=1S/C19H19ClN2O2S/c20-14-5-6-18-16(13-14)22(15-3-1-2-4-17(15)25-18)19(23)7-8-21-9-11-24-12-10-21/h1-6,13H,7-12H2/p+1. The van der Waals surface area contributed by atoms with Crippen molar-refractivity contribution in [3.63, 3.8) is 0 Å². The third kappa shape index (κ3) is 3.55. The first-order valence-electron chi connectivity index (χ1n) is 8.53. The summed E-state index contributed by atoms with van der Waals surface area (Å²) in [5, 5.41) is 0.648. The van der Waals surface area contributed by atoms with E-state index in [0.29, 0.717) is 11.4 Å². The van der Waals surface area contributed by atoms with Gasteiger partial charge in [0.2, 0.25) is 5.91 Å². The zero-order chi connectivity index (χ0) is 17.2. The molecular formula is C19H20ClN2O2S+. The zero-order valence-electron chi connectivity index (χ0n) is 13.8. The van der Waals surface area contributed by atoms with Crippen LogP contribution in [0.2, 0.25) is 5.02 Å². The molecule has 2 aliphatic rings. The number of amides is 1. The van der Waals surface area contributed by atoms with Gasteiger partial charge in [0.15, 0.2) is 0 Å². The Morgan fingerprint density at radius 2 is 1.88 bits per heavy atom. The average Bonchev–Trinajstić information content (AvgIpc) is 2.65. The van der Waals surface area contributed by atoms with Crippen LogP contribution in [0.5, 0.6) is 0 Å². The molecule has 0 saturated carbocycles. The second-order valence-corrected chi connectivity index (χ2v) is 7.79. The number of halogens is 1. The highest BCUT2D eigenvalue weighted by Crippen LogP contribution is 2.48. The van der Waals surface area contributed by atoms with Crippen LogP contribution in [0.4, 0.5) is 11.4 Å². The first kappa shape index (κ1) is 16.9. The third-order valence-corrected chi connectivity index (χ3v) is 6.00. The molecule has 0 aliphatic carbocycles. The fourth-order valence-corrected chi connectivity index (χ4v) is 4.51. The smallest absolute Gasteiger partial charge is 0.237 e. The number of fused-ring (bicyclic) bond motifs is 2. The lowest BCUT2D eigenvalue weighted by Gasteiger charge is -2.32. The number of benzene rings is 2. The molecule has 0 unspecified atom stereocenters. The summed E-state index contributed by atoms with van der Waals surface area (Å²) in [6, 6.07) is 13.8. The highest BCUT2D eigenvalue weighted by molar-refractivity contribution is 7.99. The van der Waals surface area contributed by atoms with Crippen LogP contribution >= 0.6 is 23.4 Å². The number of carbonyl (C=O) groups is 1. The van der Waals surface area contributed by atoms with Crippen LogP contribution in [0.15, 0.2) is 52.3 Å². The van der Waals surface area contributed by atoms with Crippen molar-refractivity contribution in [1.82, 2.24) is 0 Å². The van der Waals surface area contributed by atoms with Crippen LogP contribution < -0.4 is 9.80 Å². The molecule has 4 nitrogen and oxygen atoms in total. The summed E-state index contributed by atoms with van der Waals surface area (Å²) in [4.78, 5) is 18.5. The minimum absolute atomic E-state index is 0.121. The Balaban J connectivity index is 1.61. The number of carbonyl (C=O) groups excluding carboxylic acids is 1. The number of nitrogens with zero attached hydrogens (tertiary/aromatic N) is 1. The number of hydrogen-bond donors (Lipinski definition) is 1. The molecule has 1 N–H and O–H groups in total. The molecule has 130 valence electrons. The number of anilines is 2. The van der Waals surface area contributed by atoms with Crippen molar-refractivity contribution in [2.45, 2.75) is 16.2 Å². The Kier molecular flexibility index (Phi) is 4.99. The molecule has 2 aliphatic heterocycles. The number of nitrogens with one attached hydrogen (secondary N) is 1. The monoisotopic (exact) mass is 375 g/mol. The quantitative estimate of drug-likeness (QED) is 0.895. The predicted molar refractivity (Wildman–Crippen MR) is 100 cm³/mol. The molecule has 0 bridgehead atoms. The first-order chi connectivity index (χ1) is 12.2. The van der Waals surface area contributed by atoms with E-state index >= 15 is 0 Å². The topological polar surface area (TPSA) is 34.0 Å². The summed E-state index contributed by atoms with van der Waals surface area (Å²) in [5.74, 6) is 0.121. The van der Waals surface area contributed by atoms with E-state index in [1.165, 1.54) is 4.90 Å². The molecular weight excluding hydrogens is 356 g/mol. The van der Waals surface area contributed by atoms with Crippen molar-refractivity contribution in [3.8, 4) is 0 Å². The van der Waals surface area contributed by atoms with Gasteiger partial charge in [0.25, 0.3) is 0 Å². The van der Waals surface area contributed by atoms with Crippen molar-refractivity contribution in [3.05, 3.63) is 47.5 Å². The van der Waals surface area contributed by atoms with Crippen LogP contribution in [-0.4, -0.2) is 38.8 Å². The van der Waals surface area contributed by atoms with Crippen molar-refractivity contribution >= 4 is 40.6 Å². The van der Waals surface area contributed by atoms with E-state index < -0.39 is 0 Å². The normalized spacial score (nSPS) is 17.1. The minimum atomic E-state index is 0.121. The van der Waals surface area contributed by atoms with Gasteiger partial charge in [-0.3, -0.25) is 9.69 Å². The minimum Gasteiger partial charge on any atom is -0.370 e. The largest absolute Gasteiger partial charge is 0.370 e. The number of quaternary nitrogens is 1. The molecule has 1 fully saturated rings. The molecule has 0 aromatic heterocycles. The van der Waals surface area contributed by atoms with Crippen molar-refractivity contribution in [2.75, 3.05) is 37.7 Å². The Labute approximate surface area is 156 Å². The molecule has 2 heterocycles. The lowest BCUT2D eigenvalue weighted by Crippen LogP contribution is -3.14. The van der Waals surface area contributed by atoms with Crippen LogP contribution in [0.3, 0.4) is 0 Å². The summed E-state index contributed by atoms with van der Waals surface area (Å²) in [5.41, 5.74) is 1.84. The summed E-state index contributed by atoms with van der Waals surface area (Å²) in [7, 11) is 0. The average molecular weight is 376 g/mol. The van der Waals surface area contributed by atoms with E-state index in [2.05, 4.69) is 6.07 Å². The van der Waals surface area contributed by atoms with E-state index in [4.69, 9.17) is 16.3 Å². The Bertz CT molecular complexity index is 793. The summed E-state index contributed by atoms with van der Waals surface area (Å²) >= 11 is 7.89. The summed E-state index contributed by atoms with van der Waals surface area (Å²) < 4.78 is 5.40. The maximum Gasteiger partial charge on any atom is 0.237 e. The number of rotatable bonds is 3. The van der Waals surface area contributed by atoms with Gasteiger partial charge in [-0.25, -0.2) is 0 Å². The molecule has 6 heteroatoms. The van der Waals surface area contributed by atoms with Gasteiger partial charge < -0.3 is 9.64 Å². The van der Waals surface area contributed by atoms with E-state index in [1.807, 2.05) is 41.3 Å². The van der Waals surface area contributed by atoms with Gasteiger partial charge in [-0.15, -0.1) is 0 Å². The van der Waals surface area contributed by atoms with E-state index in [1.54, 1.807) is 11.8 Å². The number of morpholine rings is 1. The number of ether oxygens (including phenoxy) is 1. The molecule has 4 rings (SSSR count). The van der Waals surface area contributed by atoms with Crippen LogP contribution in [-0.2, 0) is 9.53 Å². The second-order valence-electron chi connectivity index (χ2n) is 6.27. The fraction of sp³-hybridized carbons (Fsp3) is 0.316. The maximum absolute atomic E-state index is 13.1. The zero-order valence-corrected chi connectivity index (χ0v) is 15.4. The lowest BCUT2D eigenvalue weighted by molar-refractivity contribution is -0.907. The second kappa shape index (κ2) is 7.38. The van der Waals surface area contributed by atoms with Crippen molar-refractivity contribution in [2.24, 2.45) is 0 Å². The SMILES string of the molecule is O=C(CC[NH+]1CCOCC1)N1c2ccccc2Sc2ccc(Cl)cc21. The Hall–Kier alpha value is -1.53. The third-order valence-electron chi connectivity index (χ3n) is 4.63. The van der Waals surface area contributed by atoms with Crippen LogP contribution in [0.1, 0.15) is 6.42 Å². The number of para-hydroxylation sites is 1. The van der Waals surface area contributed by atoms with E-state index in [9.17, 15) is 4.79 Å². The Morgan fingerprint density at radius 3 is 2.72 bits per heavy atom. The highest BCUT2D eigenvalue weighted by Gasteiger charge is 2.29. The molecule has 0 spiro atoms. The molecule has 1 amide bonds.